The Hall–Kier alpha value is -2.07. The minimum absolute atomic E-state index is 0.123. The molecule has 2 aromatic rings. The molecule has 1 aromatic carbocycles. The van der Waals surface area contributed by atoms with Crippen LogP contribution < -0.4 is 5.32 Å². The highest BCUT2D eigenvalue weighted by Crippen LogP contribution is 2.18. The zero-order valence-corrected chi connectivity index (χ0v) is 11.7. The summed E-state index contributed by atoms with van der Waals surface area (Å²) in [6.07, 6.45) is 1.22. The van der Waals surface area contributed by atoms with Crippen LogP contribution in [0.3, 0.4) is 0 Å². The molecule has 2 unspecified atom stereocenters. The molecule has 0 saturated carbocycles. The highest BCUT2D eigenvalue weighted by atomic mass is 16.4. The second kappa shape index (κ2) is 6.39. The summed E-state index contributed by atoms with van der Waals surface area (Å²) >= 11 is 0. The Kier molecular flexibility index (Phi) is 4.58. The quantitative estimate of drug-likeness (QED) is 0.880. The van der Waals surface area contributed by atoms with Crippen LogP contribution in [0.15, 0.2) is 47.1 Å². The molecule has 0 bridgehead atoms. The van der Waals surface area contributed by atoms with Gasteiger partial charge in [0.15, 0.2) is 0 Å². The monoisotopic (exact) mass is 273 g/mol. The molecule has 4 heteroatoms. The van der Waals surface area contributed by atoms with Gasteiger partial charge in [0.1, 0.15) is 11.9 Å². The number of rotatable bonds is 5. The van der Waals surface area contributed by atoms with Gasteiger partial charge >= 0.3 is 0 Å². The first-order valence-electron chi connectivity index (χ1n) is 6.66. The molecule has 2 N–H and O–H groups in total. The molecular weight excluding hydrogens is 254 g/mol. The number of furan rings is 1. The summed E-state index contributed by atoms with van der Waals surface area (Å²) in [5.41, 5.74) is 1.59. The van der Waals surface area contributed by atoms with E-state index in [1.54, 1.807) is 18.2 Å². The lowest BCUT2D eigenvalue weighted by molar-refractivity contribution is 0.0902. The van der Waals surface area contributed by atoms with Crippen LogP contribution in [0.5, 0.6) is 0 Å². The largest absolute Gasteiger partial charge is 0.467 e. The molecule has 0 saturated heterocycles. The molecule has 0 fully saturated rings. The van der Waals surface area contributed by atoms with E-state index in [0.29, 0.717) is 17.7 Å². The SMILES string of the molecule is Cc1ccccc1C(=O)NC(C)CC(O)c1ccco1. The van der Waals surface area contributed by atoms with Gasteiger partial charge in [0, 0.05) is 18.0 Å². The van der Waals surface area contributed by atoms with E-state index in [0.717, 1.165) is 5.56 Å². The van der Waals surface area contributed by atoms with Crippen LogP contribution in [0.25, 0.3) is 0 Å². The first kappa shape index (κ1) is 14.3. The Morgan fingerprint density at radius 3 is 2.70 bits per heavy atom. The van der Waals surface area contributed by atoms with E-state index in [9.17, 15) is 9.90 Å². The number of carbonyl (C=O) groups is 1. The highest BCUT2D eigenvalue weighted by Gasteiger charge is 2.17. The maximum absolute atomic E-state index is 12.1. The van der Waals surface area contributed by atoms with Crippen molar-refractivity contribution in [1.82, 2.24) is 5.32 Å². The third-order valence-electron chi connectivity index (χ3n) is 3.22. The molecule has 0 radical (unpaired) electrons. The standard InChI is InChI=1S/C16H19NO3/c1-11-6-3-4-7-13(11)16(19)17-12(2)10-14(18)15-8-5-9-20-15/h3-9,12,14,18H,10H2,1-2H3,(H,17,19). The predicted octanol–water partition coefficient (Wildman–Crippen LogP) is 2.83. The molecule has 106 valence electrons. The number of carbonyl (C=O) groups excluding carboxylic acids is 1. The average molecular weight is 273 g/mol. The smallest absolute Gasteiger partial charge is 0.251 e. The average Bonchev–Trinajstić information content (AvgIpc) is 2.92. The summed E-state index contributed by atoms with van der Waals surface area (Å²) in [5, 5.41) is 12.9. The van der Waals surface area contributed by atoms with E-state index in [4.69, 9.17) is 4.42 Å². The summed E-state index contributed by atoms with van der Waals surface area (Å²) in [6, 6.07) is 10.7. The maximum atomic E-state index is 12.1. The van der Waals surface area contributed by atoms with Gasteiger partial charge in [0.2, 0.25) is 0 Å². The summed E-state index contributed by atoms with van der Waals surface area (Å²) in [5.74, 6) is 0.393. The number of aryl methyl sites for hydroxylation is 1. The molecule has 0 aliphatic rings. The van der Waals surface area contributed by atoms with Crippen LogP contribution >= 0.6 is 0 Å². The van der Waals surface area contributed by atoms with Crippen LogP contribution in [-0.2, 0) is 0 Å². The van der Waals surface area contributed by atoms with E-state index in [2.05, 4.69) is 5.32 Å². The first-order valence-corrected chi connectivity index (χ1v) is 6.66. The molecule has 1 amide bonds. The van der Waals surface area contributed by atoms with Gasteiger partial charge in [-0.15, -0.1) is 0 Å². The number of hydrogen-bond acceptors (Lipinski definition) is 3. The molecular formula is C16H19NO3. The fourth-order valence-electron chi connectivity index (χ4n) is 2.12. The number of hydrogen-bond donors (Lipinski definition) is 2. The lowest BCUT2D eigenvalue weighted by Gasteiger charge is -2.17. The van der Waals surface area contributed by atoms with Gasteiger partial charge in [-0.05, 0) is 37.6 Å². The van der Waals surface area contributed by atoms with Crippen molar-refractivity contribution < 1.29 is 14.3 Å². The lowest BCUT2D eigenvalue weighted by Crippen LogP contribution is -2.34. The van der Waals surface area contributed by atoms with Gasteiger partial charge in [0.05, 0.1) is 6.26 Å². The van der Waals surface area contributed by atoms with Crippen LogP contribution in [0, 0.1) is 6.92 Å². The van der Waals surface area contributed by atoms with E-state index < -0.39 is 6.10 Å². The Bertz CT molecular complexity index is 563. The first-order chi connectivity index (χ1) is 9.58. The molecule has 0 aliphatic heterocycles. The van der Waals surface area contributed by atoms with Crippen LogP contribution in [0.1, 0.15) is 41.1 Å². The summed E-state index contributed by atoms with van der Waals surface area (Å²) in [4.78, 5) is 12.1. The Morgan fingerprint density at radius 2 is 2.05 bits per heavy atom. The molecule has 2 atom stereocenters. The van der Waals surface area contributed by atoms with E-state index in [1.807, 2.05) is 32.0 Å². The third-order valence-corrected chi connectivity index (χ3v) is 3.22. The van der Waals surface area contributed by atoms with Crippen LogP contribution in [-0.4, -0.2) is 17.1 Å². The zero-order valence-electron chi connectivity index (χ0n) is 11.7. The van der Waals surface area contributed by atoms with Gasteiger partial charge in [-0.1, -0.05) is 18.2 Å². The van der Waals surface area contributed by atoms with Crippen LogP contribution in [0.4, 0.5) is 0 Å². The number of amides is 1. The van der Waals surface area contributed by atoms with Crippen molar-refractivity contribution in [2.45, 2.75) is 32.4 Å². The van der Waals surface area contributed by atoms with Crippen molar-refractivity contribution in [2.75, 3.05) is 0 Å². The highest BCUT2D eigenvalue weighted by molar-refractivity contribution is 5.95. The second-order valence-electron chi connectivity index (χ2n) is 4.96. The van der Waals surface area contributed by atoms with Crippen molar-refractivity contribution in [3.63, 3.8) is 0 Å². The van der Waals surface area contributed by atoms with Gasteiger partial charge in [0.25, 0.3) is 5.91 Å². The zero-order chi connectivity index (χ0) is 14.5. The van der Waals surface area contributed by atoms with Gasteiger partial charge in [-0.2, -0.15) is 0 Å². The van der Waals surface area contributed by atoms with E-state index in [1.165, 1.54) is 6.26 Å². The minimum atomic E-state index is -0.711. The van der Waals surface area contributed by atoms with Gasteiger partial charge in [-0.25, -0.2) is 0 Å². The van der Waals surface area contributed by atoms with Crippen molar-refractivity contribution >= 4 is 5.91 Å². The Labute approximate surface area is 118 Å². The summed E-state index contributed by atoms with van der Waals surface area (Å²) < 4.78 is 5.14. The Balaban J connectivity index is 1.93. The van der Waals surface area contributed by atoms with Crippen molar-refractivity contribution in [2.24, 2.45) is 0 Å². The molecule has 1 heterocycles. The molecule has 1 aromatic heterocycles. The van der Waals surface area contributed by atoms with Gasteiger partial charge in [-0.3, -0.25) is 4.79 Å². The minimum Gasteiger partial charge on any atom is -0.467 e. The van der Waals surface area contributed by atoms with Crippen molar-refractivity contribution in [3.05, 3.63) is 59.5 Å². The Morgan fingerprint density at radius 1 is 1.30 bits per heavy atom. The fourth-order valence-corrected chi connectivity index (χ4v) is 2.12. The molecule has 2 rings (SSSR count). The maximum Gasteiger partial charge on any atom is 0.251 e. The number of aliphatic hydroxyl groups excluding tert-OH is 1. The number of benzene rings is 1. The second-order valence-corrected chi connectivity index (χ2v) is 4.96. The number of aliphatic hydroxyl groups is 1. The fraction of sp³-hybridized carbons (Fsp3) is 0.312. The van der Waals surface area contributed by atoms with Crippen molar-refractivity contribution in [1.29, 1.82) is 0 Å². The van der Waals surface area contributed by atoms with E-state index >= 15 is 0 Å². The van der Waals surface area contributed by atoms with E-state index in [-0.39, 0.29) is 11.9 Å². The van der Waals surface area contributed by atoms with Crippen LogP contribution in [0.2, 0.25) is 0 Å². The lowest BCUT2D eigenvalue weighted by atomic mass is 10.1. The molecule has 20 heavy (non-hydrogen) atoms. The number of nitrogens with one attached hydrogen (secondary N) is 1. The third kappa shape index (κ3) is 3.48. The summed E-state index contributed by atoms with van der Waals surface area (Å²) in [7, 11) is 0. The normalized spacial score (nSPS) is 13.8. The predicted molar refractivity (Wildman–Crippen MR) is 76.4 cm³/mol. The van der Waals surface area contributed by atoms with Crippen molar-refractivity contribution in [3.8, 4) is 0 Å². The summed E-state index contributed by atoms with van der Waals surface area (Å²) in [6.45, 7) is 3.76. The molecule has 0 spiro atoms. The topological polar surface area (TPSA) is 62.5 Å². The molecule has 4 nitrogen and oxygen atoms in total. The molecule has 0 aliphatic carbocycles. The van der Waals surface area contributed by atoms with Gasteiger partial charge < -0.3 is 14.8 Å².